The van der Waals surface area contributed by atoms with Gasteiger partial charge in [0.2, 0.25) is 5.91 Å². The Kier molecular flexibility index (Phi) is 5.65. The third kappa shape index (κ3) is 4.04. The maximum absolute atomic E-state index is 12.6. The molecule has 1 aliphatic rings. The van der Waals surface area contributed by atoms with Crippen molar-refractivity contribution in [3.63, 3.8) is 0 Å². The van der Waals surface area contributed by atoms with E-state index in [4.69, 9.17) is 11.6 Å². The number of fused-ring (bicyclic) bond motifs is 1. The first kappa shape index (κ1) is 19.6. The van der Waals surface area contributed by atoms with Gasteiger partial charge >= 0.3 is 0 Å². The van der Waals surface area contributed by atoms with Crippen molar-refractivity contribution in [1.82, 2.24) is 15.5 Å². The Morgan fingerprint density at radius 3 is 2.86 bits per heavy atom. The Bertz CT molecular complexity index is 1070. The molecule has 1 atom stereocenters. The summed E-state index contributed by atoms with van der Waals surface area (Å²) in [4.78, 5) is 24.7. The van der Waals surface area contributed by atoms with Crippen molar-refractivity contribution in [2.24, 2.45) is 5.92 Å². The van der Waals surface area contributed by atoms with Gasteiger partial charge in [0.1, 0.15) is 0 Å². The second-order valence-corrected chi connectivity index (χ2v) is 7.74. The number of amides is 1. The molecule has 3 N–H and O–H groups in total. The summed E-state index contributed by atoms with van der Waals surface area (Å²) in [6.45, 7) is 3.48. The first-order valence-electron chi connectivity index (χ1n) is 9.89. The molecule has 1 aromatic heterocycles. The van der Waals surface area contributed by atoms with Crippen molar-refractivity contribution >= 4 is 40.0 Å². The normalized spacial score (nSPS) is 16.7. The Morgan fingerprint density at radius 1 is 1.24 bits per heavy atom. The third-order valence-corrected chi connectivity index (χ3v) is 5.72. The molecule has 0 spiro atoms. The SMILES string of the molecule is CCC(=O)c1ccc(Cl)c(-c2ccc3[nH]nc(NC(=O)[C@@H]4CCCNC4)c3c2)c1. The number of aromatic amines is 1. The summed E-state index contributed by atoms with van der Waals surface area (Å²) in [5, 5.41) is 14.8. The number of H-pyrrole nitrogens is 1. The largest absolute Gasteiger partial charge is 0.316 e. The zero-order chi connectivity index (χ0) is 20.4. The van der Waals surface area contributed by atoms with E-state index in [2.05, 4.69) is 20.8 Å². The Morgan fingerprint density at radius 2 is 2.10 bits per heavy atom. The van der Waals surface area contributed by atoms with Gasteiger partial charge in [0, 0.05) is 34.5 Å². The van der Waals surface area contributed by atoms with Crippen LogP contribution in [0.4, 0.5) is 5.82 Å². The zero-order valence-electron chi connectivity index (χ0n) is 16.2. The van der Waals surface area contributed by atoms with E-state index < -0.39 is 0 Å². The van der Waals surface area contributed by atoms with Crippen molar-refractivity contribution in [2.45, 2.75) is 26.2 Å². The minimum atomic E-state index is -0.0511. The summed E-state index contributed by atoms with van der Waals surface area (Å²) in [6, 6.07) is 11.1. The number of benzene rings is 2. The number of nitrogens with one attached hydrogen (secondary N) is 3. The summed E-state index contributed by atoms with van der Waals surface area (Å²) in [5.41, 5.74) is 3.10. The van der Waals surface area contributed by atoms with Gasteiger partial charge in [-0.3, -0.25) is 14.7 Å². The smallest absolute Gasteiger partial charge is 0.229 e. The molecule has 150 valence electrons. The summed E-state index contributed by atoms with van der Waals surface area (Å²) in [7, 11) is 0. The monoisotopic (exact) mass is 410 g/mol. The first-order valence-corrected chi connectivity index (χ1v) is 10.3. The van der Waals surface area contributed by atoms with Crippen molar-refractivity contribution in [1.29, 1.82) is 0 Å². The van der Waals surface area contributed by atoms with Crippen LogP contribution in [0.2, 0.25) is 5.02 Å². The fraction of sp³-hybridized carbons (Fsp3) is 0.318. The molecule has 0 unspecified atom stereocenters. The number of carbonyl (C=O) groups is 2. The van der Waals surface area contributed by atoms with Gasteiger partial charge in [0.25, 0.3) is 0 Å². The van der Waals surface area contributed by atoms with Crippen molar-refractivity contribution in [3.8, 4) is 11.1 Å². The molecule has 2 heterocycles. The quantitative estimate of drug-likeness (QED) is 0.543. The van der Waals surface area contributed by atoms with Crippen LogP contribution in [0.5, 0.6) is 0 Å². The molecule has 7 heteroatoms. The summed E-state index contributed by atoms with van der Waals surface area (Å²) in [6.07, 6.45) is 2.31. The topological polar surface area (TPSA) is 86.9 Å². The van der Waals surface area contributed by atoms with Crippen molar-refractivity contribution < 1.29 is 9.59 Å². The number of hydrogen-bond acceptors (Lipinski definition) is 4. The molecule has 0 radical (unpaired) electrons. The maximum atomic E-state index is 12.6. The van der Waals surface area contributed by atoms with Crippen LogP contribution in [0, 0.1) is 5.92 Å². The lowest BCUT2D eigenvalue weighted by atomic mass is 9.98. The zero-order valence-corrected chi connectivity index (χ0v) is 17.0. The molecule has 4 rings (SSSR count). The predicted molar refractivity (Wildman–Crippen MR) is 115 cm³/mol. The van der Waals surface area contributed by atoms with E-state index in [-0.39, 0.29) is 17.6 Å². The molecule has 0 saturated carbocycles. The minimum absolute atomic E-state index is 0.0235. The molecule has 1 aliphatic heterocycles. The van der Waals surface area contributed by atoms with Crippen LogP contribution < -0.4 is 10.6 Å². The van der Waals surface area contributed by atoms with E-state index in [1.54, 1.807) is 12.1 Å². The average Bonchev–Trinajstić information content (AvgIpc) is 3.16. The fourth-order valence-corrected chi connectivity index (χ4v) is 3.92. The van der Waals surface area contributed by atoms with Crippen LogP contribution >= 0.6 is 11.6 Å². The lowest BCUT2D eigenvalue weighted by Gasteiger charge is -2.21. The second kappa shape index (κ2) is 8.35. The number of aromatic nitrogens is 2. The highest BCUT2D eigenvalue weighted by atomic mass is 35.5. The van der Waals surface area contributed by atoms with Gasteiger partial charge in [0.15, 0.2) is 11.6 Å². The third-order valence-electron chi connectivity index (χ3n) is 5.39. The number of hydrogen-bond donors (Lipinski definition) is 3. The summed E-state index contributed by atoms with van der Waals surface area (Å²) >= 11 is 6.42. The highest BCUT2D eigenvalue weighted by molar-refractivity contribution is 6.33. The highest BCUT2D eigenvalue weighted by Crippen LogP contribution is 2.33. The van der Waals surface area contributed by atoms with E-state index in [1.165, 1.54) is 0 Å². The maximum Gasteiger partial charge on any atom is 0.229 e. The molecular formula is C22H23ClN4O2. The number of anilines is 1. The Hall–Kier alpha value is -2.70. The molecule has 0 bridgehead atoms. The molecular weight excluding hydrogens is 388 g/mol. The number of rotatable bonds is 5. The molecule has 29 heavy (non-hydrogen) atoms. The predicted octanol–water partition coefficient (Wildman–Crippen LogP) is 4.41. The average molecular weight is 411 g/mol. The number of ketones is 1. The Labute approximate surface area is 174 Å². The van der Waals surface area contributed by atoms with Gasteiger partial charge in [-0.2, -0.15) is 5.10 Å². The van der Waals surface area contributed by atoms with Gasteiger partial charge in [-0.15, -0.1) is 0 Å². The van der Waals surface area contributed by atoms with E-state index in [9.17, 15) is 9.59 Å². The summed E-state index contributed by atoms with van der Waals surface area (Å²) < 4.78 is 0. The van der Waals surface area contributed by atoms with Crippen molar-refractivity contribution in [2.75, 3.05) is 18.4 Å². The van der Waals surface area contributed by atoms with Gasteiger partial charge in [0.05, 0.1) is 11.4 Å². The molecule has 1 amide bonds. The Balaban J connectivity index is 1.67. The number of carbonyl (C=O) groups excluding carboxylic acids is 2. The summed E-state index contributed by atoms with van der Waals surface area (Å²) in [5.74, 6) is 0.505. The van der Waals surface area contributed by atoms with Crippen molar-refractivity contribution in [3.05, 3.63) is 47.0 Å². The molecule has 3 aromatic rings. The fourth-order valence-electron chi connectivity index (χ4n) is 3.70. The number of Topliss-reactive ketones (excluding diaryl/α,β-unsaturated/α-hetero) is 1. The number of nitrogens with zero attached hydrogens (tertiary/aromatic N) is 1. The lowest BCUT2D eigenvalue weighted by molar-refractivity contribution is -0.120. The van der Waals surface area contributed by atoms with Crippen LogP contribution in [-0.2, 0) is 4.79 Å². The lowest BCUT2D eigenvalue weighted by Crippen LogP contribution is -2.37. The molecule has 2 aromatic carbocycles. The van der Waals surface area contributed by atoms with Crippen LogP contribution in [0.25, 0.3) is 22.0 Å². The van der Waals surface area contributed by atoms with E-state index >= 15 is 0 Å². The number of piperidine rings is 1. The van der Waals surface area contributed by atoms with E-state index in [0.717, 1.165) is 41.4 Å². The standard InChI is InChI=1S/C22H23ClN4O2/c1-2-20(28)14-5-7-18(23)16(11-14)13-6-8-19-17(10-13)21(27-26-19)25-22(29)15-4-3-9-24-12-15/h5-8,10-11,15,24H,2-4,9,12H2,1H3,(H2,25,26,27,29)/t15-/m1/s1. The van der Waals surface area contributed by atoms with E-state index in [0.29, 0.717) is 29.4 Å². The second-order valence-electron chi connectivity index (χ2n) is 7.34. The van der Waals surface area contributed by atoms with Gasteiger partial charge < -0.3 is 10.6 Å². The molecule has 1 saturated heterocycles. The van der Waals surface area contributed by atoms with Crippen LogP contribution in [0.3, 0.4) is 0 Å². The molecule has 6 nitrogen and oxygen atoms in total. The van der Waals surface area contributed by atoms with E-state index in [1.807, 2.05) is 31.2 Å². The van der Waals surface area contributed by atoms with Gasteiger partial charge in [-0.1, -0.05) is 24.6 Å². The first-order chi connectivity index (χ1) is 14.1. The molecule has 1 fully saturated rings. The van der Waals surface area contributed by atoms with Crippen LogP contribution in [0.1, 0.15) is 36.5 Å². The molecule has 0 aliphatic carbocycles. The van der Waals surface area contributed by atoms with Crippen LogP contribution in [-0.4, -0.2) is 35.0 Å². The number of halogens is 1. The highest BCUT2D eigenvalue weighted by Gasteiger charge is 2.22. The van der Waals surface area contributed by atoms with Gasteiger partial charge in [-0.05, 0) is 55.3 Å². The minimum Gasteiger partial charge on any atom is -0.316 e. The van der Waals surface area contributed by atoms with Crippen LogP contribution in [0.15, 0.2) is 36.4 Å². The van der Waals surface area contributed by atoms with Gasteiger partial charge in [-0.25, -0.2) is 0 Å².